The zero-order valence-corrected chi connectivity index (χ0v) is 8.71. The number of rotatable bonds is 2. The first kappa shape index (κ1) is 9.67. The van der Waals surface area contributed by atoms with Crippen LogP contribution in [0.4, 0.5) is 0 Å². The third kappa shape index (κ3) is 1.44. The molecule has 0 saturated carbocycles. The van der Waals surface area contributed by atoms with Crippen molar-refractivity contribution >= 4 is 9.84 Å². The molecule has 0 unspecified atom stereocenters. The maximum Gasteiger partial charge on any atom is 0.160 e. The lowest BCUT2D eigenvalue weighted by atomic mass is 10.2. The molecule has 1 N–H and O–H groups in total. The van der Waals surface area contributed by atoms with Crippen molar-refractivity contribution in [2.45, 2.75) is 25.0 Å². The molecule has 1 aliphatic heterocycles. The number of hydrogen-bond acceptors (Lipinski definition) is 4. The van der Waals surface area contributed by atoms with Crippen LogP contribution in [0.15, 0.2) is 0 Å². The van der Waals surface area contributed by atoms with Crippen molar-refractivity contribution in [3.8, 4) is 0 Å². The van der Waals surface area contributed by atoms with E-state index in [0.717, 1.165) is 17.0 Å². The molecular formula is C8H12N2O3S. The summed E-state index contributed by atoms with van der Waals surface area (Å²) >= 11 is 0. The molecular weight excluding hydrogens is 204 g/mol. The Morgan fingerprint density at radius 1 is 1.50 bits per heavy atom. The van der Waals surface area contributed by atoms with Crippen LogP contribution in [0.3, 0.4) is 0 Å². The van der Waals surface area contributed by atoms with Crippen molar-refractivity contribution in [1.82, 2.24) is 9.78 Å². The van der Waals surface area contributed by atoms with Crippen LogP contribution in [0, 0.1) is 6.92 Å². The maximum absolute atomic E-state index is 11.4. The van der Waals surface area contributed by atoms with Crippen molar-refractivity contribution in [1.29, 1.82) is 0 Å². The molecule has 2 heterocycles. The first-order chi connectivity index (χ1) is 6.53. The molecule has 0 radical (unpaired) electrons. The standard InChI is InChI=1S/C8H12N2O3S/c1-6-7-4-14(12,13)5-8(7)10(9-6)2-3-11/h11H,2-5H2,1H3. The highest BCUT2D eigenvalue weighted by Gasteiger charge is 2.30. The van der Waals surface area contributed by atoms with Crippen LogP contribution in [0.1, 0.15) is 17.0 Å². The number of aliphatic hydroxyl groups is 1. The topological polar surface area (TPSA) is 72.2 Å². The number of fused-ring (bicyclic) bond motifs is 1. The van der Waals surface area contributed by atoms with Gasteiger partial charge in [0.05, 0.1) is 36.0 Å². The monoisotopic (exact) mass is 216 g/mol. The van der Waals surface area contributed by atoms with E-state index in [2.05, 4.69) is 5.10 Å². The molecule has 0 aromatic carbocycles. The summed E-state index contributed by atoms with van der Waals surface area (Å²) in [4.78, 5) is 0. The summed E-state index contributed by atoms with van der Waals surface area (Å²) in [6.45, 7) is 2.15. The van der Waals surface area contributed by atoms with Crippen LogP contribution in [0.25, 0.3) is 0 Å². The van der Waals surface area contributed by atoms with Gasteiger partial charge in [-0.1, -0.05) is 0 Å². The molecule has 78 valence electrons. The molecule has 0 amide bonds. The molecule has 0 saturated heterocycles. The largest absolute Gasteiger partial charge is 0.394 e. The Morgan fingerprint density at radius 3 is 2.86 bits per heavy atom. The van der Waals surface area contributed by atoms with Gasteiger partial charge in [-0.15, -0.1) is 0 Å². The van der Waals surface area contributed by atoms with Gasteiger partial charge in [-0.3, -0.25) is 4.68 Å². The van der Waals surface area contributed by atoms with Crippen molar-refractivity contribution in [3.05, 3.63) is 17.0 Å². The lowest BCUT2D eigenvalue weighted by Crippen LogP contribution is -2.09. The first-order valence-electron chi connectivity index (χ1n) is 4.40. The summed E-state index contributed by atoms with van der Waals surface area (Å²) in [5.74, 6) is 0.156. The number of aryl methyl sites for hydroxylation is 1. The number of nitrogens with zero attached hydrogens (tertiary/aromatic N) is 2. The number of aliphatic hydroxyl groups excluding tert-OH is 1. The summed E-state index contributed by atoms with van der Waals surface area (Å²) in [6, 6.07) is 0. The summed E-state index contributed by atoms with van der Waals surface area (Å²) in [5, 5.41) is 13.0. The van der Waals surface area contributed by atoms with Gasteiger partial charge in [0.25, 0.3) is 0 Å². The Labute approximate surface area is 82.3 Å². The van der Waals surface area contributed by atoms with E-state index in [1.165, 1.54) is 0 Å². The predicted molar refractivity (Wildman–Crippen MR) is 50.4 cm³/mol. The Balaban J connectivity index is 2.47. The van der Waals surface area contributed by atoms with Gasteiger partial charge in [-0.05, 0) is 6.92 Å². The van der Waals surface area contributed by atoms with E-state index < -0.39 is 9.84 Å². The fourth-order valence-corrected chi connectivity index (χ4v) is 3.43. The van der Waals surface area contributed by atoms with E-state index in [-0.39, 0.29) is 18.1 Å². The van der Waals surface area contributed by atoms with E-state index >= 15 is 0 Å². The van der Waals surface area contributed by atoms with Gasteiger partial charge in [0.15, 0.2) is 9.84 Å². The quantitative estimate of drug-likeness (QED) is 0.731. The molecule has 2 rings (SSSR count). The minimum absolute atomic E-state index is 0.0202. The second kappa shape index (κ2) is 3.06. The highest BCUT2D eigenvalue weighted by molar-refractivity contribution is 7.90. The molecule has 0 aliphatic carbocycles. The van der Waals surface area contributed by atoms with Gasteiger partial charge in [-0.2, -0.15) is 5.10 Å². The van der Waals surface area contributed by atoms with Crippen molar-refractivity contribution in [3.63, 3.8) is 0 Å². The van der Waals surface area contributed by atoms with E-state index in [1.807, 2.05) is 0 Å². The molecule has 6 heteroatoms. The van der Waals surface area contributed by atoms with Gasteiger partial charge >= 0.3 is 0 Å². The zero-order valence-electron chi connectivity index (χ0n) is 7.89. The molecule has 14 heavy (non-hydrogen) atoms. The van der Waals surface area contributed by atoms with Crippen LogP contribution >= 0.6 is 0 Å². The highest BCUT2D eigenvalue weighted by atomic mass is 32.2. The molecule has 0 fully saturated rings. The lowest BCUT2D eigenvalue weighted by molar-refractivity contribution is 0.267. The van der Waals surface area contributed by atoms with E-state index in [0.29, 0.717) is 6.54 Å². The molecule has 5 nitrogen and oxygen atoms in total. The third-order valence-corrected chi connectivity index (χ3v) is 3.84. The minimum atomic E-state index is -2.97. The Morgan fingerprint density at radius 2 is 2.21 bits per heavy atom. The number of hydrogen-bond donors (Lipinski definition) is 1. The Bertz CT molecular complexity index is 461. The smallest absolute Gasteiger partial charge is 0.160 e. The van der Waals surface area contributed by atoms with Gasteiger partial charge in [-0.25, -0.2) is 8.42 Å². The second-order valence-corrected chi connectivity index (χ2v) is 5.55. The first-order valence-corrected chi connectivity index (χ1v) is 6.22. The summed E-state index contributed by atoms with van der Waals surface area (Å²) < 4.78 is 24.3. The number of sulfone groups is 1. The van der Waals surface area contributed by atoms with Crippen LogP contribution in [0.2, 0.25) is 0 Å². The molecule has 0 bridgehead atoms. The van der Waals surface area contributed by atoms with Crippen molar-refractivity contribution < 1.29 is 13.5 Å². The second-order valence-electron chi connectivity index (χ2n) is 3.49. The van der Waals surface area contributed by atoms with Crippen LogP contribution in [-0.4, -0.2) is 29.9 Å². The average Bonchev–Trinajstić information content (AvgIpc) is 2.51. The summed E-state index contributed by atoms with van der Waals surface area (Å²) in [7, 11) is -2.97. The molecule has 0 atom stereocenters. The fourth-order valence-electron chi connectivity index (χ4n) is 1.77. The highest BCUT2D eigenvalue weighted by Crippen LogP contribution is 2.27. The van der Waals surface area contributed by atoms with Gasteiger partial charge in [0.2, 0.25) is 0 Å². The fraction of sp³-hybridized carbons (Fsp3) is 0.625. The minimum Gasteiger partial charge on any atom is -0.394 e. The third-order valence-electron chi connectivity index (χ3n) is 2.40. The van der Waals surface area contributed by atoms with Crippen molar-refractivity contribution in [2.24, 2.45) is 0 Å². The van der Waals surface area contributed by atoms with Gasteiger partial charge in [0.1, 0.15) is 0 Å². The van der Waals surface area contributed by atoms with Gasteiger partial charge < -0.3 is 5.11 Å². The zero-order chi connectivity index (χ0) is 10.3. The molecule has 1 aromatic rings. The number of aromatic nitrogens is 2. The van der Waals surface area contributed by atoms with Crippen LogP contribution in [-0.2, 0) is 27.9 Å². The Hall–Kier alpha value is -0.880. The average molecular weight is 216 g/mol. The summed E-state index contributed by atoms with van der Waals surface area (Å²) in [6.07, 6.45) is 0. The lowest BCUT2D eigenvalue weighted by Gasteiger charge is -2.01. The normalized spacial score (nSPS) is 18.4. The molecule has 1 aliphatic rings. The van der Waals surface area contributed by atoms with Crippen LogP contribution < -0.4 is 0 Å². The predicted octanol–water partition coefficient (Wildman–Crippen LogP) is -0.388. The van der Waals surface area contributed by atoms with E-state index in [9.17, 15) is 8.42 Å². The summed E-state index contributed by atoms with van der Waals surface area (Å²) in [5.41, 5.74) is 2.32. The van der Waals surface area contributed by atoms with Gasteiger partial charge in [0, 0.05) is 5.56 Å². The molecule has 0 spiro atoms. The van der Waals surface area contributed by atoms with Crippen molar-refractivity contribution in [2.75, 3.05) is 6.61 Å². The van der Waals surface area contributed by atoms with E-state index in [4.69, 9.17) is 5.11 Å². The van der Waals surface area contributed by atoms with Crippen LogP contribution in [0.5, 0.6) is 0 Å². The van der Waals surface area contributed by atoms with E-state index in [1.54, 1.807) is 11.6 Å². The maximum atomic E-state index is 11.4. The SMILES string of the molecule is Cc1nn(CCO)c2c1CS(=O)(=O)C2. The Kier molecular flexibility index (Phi) is 2.11. The molecule has 1 aromatic heterocycles.